The van der Waals surface area contributed by atoms with Crippen LogP contribution in [0.4, 0.5) is 0 Å². The van der Waals surface area contributed by atoms with E-state index in [1.807, 2.05) is 24.3 Å². The summed E-state index contributed by atoms with van der Waals surface area (Å²) >= 11 is 0. The van der Waals surface area contributed by atoms with Gasteiger partial charge in [-0.3, -0.25) is 9.78 Å². The molecule has 3 rings (SSSR count). The molecule has 1 aliphatic rings. The molecule has 2 heterocycles. The highest BCUT2D eigenvalue weighted by Crippen LogP contribution is 2.25. The molecule has 0 aliphatic carbocycles. The first-order valence-corrected chi connectivity index (χ1v) is 6.67. The summed E-state index contributed by atoms with van der Waals surface area (Å²) in [6.45, 7) is 0.314. The van der Waals surface area contributed by atoms with Gasteiger partial charge in [-0.1, -0.05) is 24.3 Å². The standard InChI is InChI=1S/C16H14N2O3/c19-15(11-5-7-17-8-6-11)18-10-13-4-2-1-3-12(13)9-14(18)16(20)21/h1-8,14H,9-10H2,(H,20,21). The maximum absolute atomic E-state index is 12.6. The highest BCUT2D eigenvalue weighted by Gasteiger charge is 2.34. The van der Waals surface area contributed by atoms with Crippen LogP contribution in [0.15, 0.2) is 48.8 Å². The molecule has 1 aliphatic heterocycles. The average Bonchev–Trinajstić information content (AvgIpc) is 2.53. The zero-order valence-electron chi connectivity index (χ0n) is 11.3. The smallest absolute Gasteiger partial charge is 0.326 e. The minimum Gasteiger partial charge on any atom is -0.480 e. The summed E-state index contributed by atoms with van der Waals surface area (Å²) in [6, 6.07) is 10.00. The summed E-state index contributed by atoms with van der Waals surface area (Å²) in [4.78, 5) is 29.4. The van der Waals surface area contributed by atoms with Gasteiger partial charge in [0.2, 0.25) is 0 Å². The lowest BCUT2D eigenvalue weighted by Crippen LogP contribution is -2.48. The third-order valence-corrected chi connectivity index (χ3v) is 3.72. The number of carboxylic acids is 1. The van der Waals surface area contributed by atoms with Crippen LogP contribution in [0.5, 0.6) is 0 Å². The van der Waals surface area contributed by atoms with Crippen LogP contribution in [0.2, 0.25) is 0 Å². The van der Waals surface area contributed by atoms with Gasteiger partial charge in [0.05, 0.1) is 0 Å². The number of rotatable bonds is 2. The molecule has 0 spiro atoms. The second-order valence-corrected chi connectivity index (χ2v) is 5.00. The molecule has 0 saturated heterocycles. The Kier molecular flexibility index (Phi) is 3.39. The lowest BCUT2D eigenvalue weighted by atomic mass is 9.93. The van der Waals surface area contributed by atoms with Gasteiger partial charge in [0.25, 0.3) is 5.91 Å². The van der Waals surface area contributed by atoms with Crippen molar-refractivity contribution in [2.75, 3.05) is 0 Å². The number of carbonyl (C=O) groups excluding carboxylic acids is 1. The maximum atomic E-state index is 12.6. The molecule has 1 N–H and O–H groups in total. The number of fused-ring (bicyclic) bond motifs is 1. The number of hydrogen-bond donors (Lipinski definition) is 1. The molecule has 5 heteroatoms. The van der Waals surface area contributed by atoms with Crippen molar-refractivity contribution in [3.05, 3.63) is 65.5 Å². The van der Waals surface area contributed by atoms with Crippen LogP contribution >= 0.6 is 0 Å². The van der Waals surface area contributed by atoms with E-state index in [2.05, 4.69) is 4.98 Å². The van der Waals surface area contributed by atoms with Crippen molar-refractivity contribution in [3.63, 3.8) is 0 Å². The monoisotopic (exact) mass is 282 g/mol. The Hall–Kier alpha value is -2.69. The molecular formula is C16H14N2O3. The van der Waals surface area contributed by atoms with E-state index < -0.39 is 12.0 Å². The number of benzene rings is 1. The number of amides is 1. The van der Waals surface area contributed by atoms with Crippen molar-refractivity contribution in [1.29, 1.82) is 0 Å². The first-order valence-electron chi connectivity index (χ1n) is 6.67. The predicted octanol–water partition coefficient (Wildman–Crippen LogP) is 1.73. The number of carboxylic acid groups (broad SMARTS) is 1. The minimum absolute atomic E-state index is 0.278. The van der Waals surface area contributed by atoms with E-state index in [4.69, 9.17) is 0 Å². The topological polar surface area (TPSA) is 70.5 Å². The van der Waals surface area contributed by atoms with Crippen molar-refractivity contribution >= 4 is 11.9 Å². The molecule has 0 saturated carbocycles. The number of nitrogens with zero attached hydrogens (tertiary/aromatic N) is 2. The number of carbonyl (C=O) groups is 2. The largest absolute Gasteiger partial charge is 0.480 e. The number of aliphatic carboxylic acids is 1. The molecule has 5 nitrogen and oxygen atoms in total. The Bertz CT molecular complexity index is 685. The molecule has 0 radical (unpaired) electrons. The number of hydrogen-bond acceptors (Lipinski definition) is 3. The Labute approximate surface area is 121 Å². The van der Waals surface area contributed by atoms with Gasteiger partial charge in [-0.25, -0.2) is 4.79 Å². The summed E-state index contributed by atoms with van der Waals surface area (Å²) in [5.74, 6) is -1.26. The predicted molar refractivity (Wildman–Crippen MR) is 75.7 cm³/mol. The van der Waals surface area contributed by atoms with Gasteiger partial charge < -0.3 is 10.0 Å². The highest BCUT2D eigenvalue weighted by atomic mass is 16.4. The fourth-order valence-electron chi connectivity index (χ4n) is 2.62. The molecule has 0 fully saturated rings. The van der Waals surface area contributed by atoms with Gasteiger partial charge in [-0.05, 0) is 23.3 Å². The van der Waals surface area contributed by atoms with Crippen molar-refractivity contribution in [3.8, 4) is 0 Å². The van der Waals surface area contributed by atoms with Crippen LogP contribution in [0, 0.1) is 0 Å². The molecule has 106 valence electrons. The van der Waals surface area contributed by atoms with Crippen LogP contribution in [0.25, 0.3) is 0 Å². The summed E-state index contributed by atoms with van der Waals surface area (Å²) in [5.41, 5.74) is 2.44. The van der Waals surface area contributed by atoms with Crippen molar-refractivity contribution in [2.45, 2.75) is 19.0 Å². The highest BCUT2D eigenvalue weighted by molar-refractivity contribution is 5.96. The fourth-order valence-corrected chi connectivity index (χ4v) is 2.62. The van der Waals surface area contributed by atoms with Gasteiger partial charge in [-0.2, -0.15) is 0 Å². The molecule has 1 unspecified atom stereocenters. The number of aromatic nitrogens is 1. The van der Waals surface area contributed by atoms with Crippen molar-refractivity contribution in [2.24, 2.45) is 0 Å². The van der Waals surface area contributed by atoms with Crippen LogP contribution in [-0.4, -0.2) is 32.9 Å². The first kappa shape index (κ1) is 13.3. The van der Waals surface area contributed by atoms with E-state index >= 15 is 0 Å². The van der Waals surface area contributed by atoms with Gasteiger partial charge in [-0.15, -0.1) is 0 Å². The average molecular weight is 282 g/mol. The Morgan fingerprint density at radius 3 is 2.43 bits per heavy atom. The van der Waals surface area contributed by atoms with E-state index in [0.717, 1.165) is 11.1 Å². The normalized spacial score (nSPS) is 17.1. The molecule has 1 atom stereocenters. The lowest BCUT2D eigenvalue weighted by Gasteiger charge is -2.34. The van der Waals surface area contributed by atoms with E-state index in [1.54, 1.807) is 12.1 Å². The van der Waals surface area contributed by atoms with Crippen molar-refractivity contribution < 1.29 is 14.7 Å². The van der Waals surface area contributed by atoms with Crippen LogP contribution in [-0.2, 0) is 17.8 Å². The van der Waals surface area contributed by atoms with E-state index in [9.17, 15) is 14.7 Å². The zero-order chi connectivity index (χ0) is 14.8. The fraction of sp³-hybridized carbons (Fsp3) is 0.188. The number of pyridine rings is 1. The van der Waals surface area contributed by atoms with E-state index in [1.165, 1.54) is 17.3 Å². The van der Waals surface area contributed by atoms with Gasteiger partial charge in [0, 0.05) is 30.9 Å². The molecule has 1 amide bonds. The summed E-state index contributed by atoms with van der Waals surface area (Å²) < 4.78 is 0. The lowest BCUT2D eigenvalue weighted by molar-refractivity contribution is -0.142. The van der Waals surface area contributed by atoms with E-state index in [-0.39, 0.29) is 5.91 Å². The second-order valence-electron chi connectivity index (χ2n) is 5.00. The molecule has 0 bridgehead atoms. The van der Waals surface area contributed by atoms with Crippen LogP contribution < -0.4 is 0 Å². The third-order valence-electron chi connectivity index (χ3n) is 3.72. The first-order chi connectivity index (χ1) is 10.2. The van der Waals surface area contributed by atoms with Gasteiger partial charge in [0.1, 0.15) is 6.04 Å². The van der Waals surface area contributed by atoms with Crippen LogP contribution in [0.3, 0.4) is 0 Å². The van der Waals surface area contributed by atoms with Gasteiger partial charge >= 0.3 is 5.97 Å². The molecule has 21 heavy (non-hydrogen) atoms. The Morgan fingerprint density at radius 2 is 1.76 bits per heavy atom. The van der Waals surface area contributed by atoms with Crippen LogP contribution in [0.1, 0.15) is 21.5 Å². The Balaban J connectivity index is 1.96. The summed E-state index contributed by atoms with van der Waals surface area (Å²) in [6.07, 6.45) is 3.39. The zero-order valence-corrected chi connectivity index (χ0v) is 11.3. The molecular weight excluding hydrogens is 268 g/mol. The second kappa shape index (κ2) is 5.36. The third kappa shape index (κ3) is 2.50. The summed E-state index contributed by atoms with van der Waals surface area (Å²) in [7, 11) is 0. The van der Waals surface area contributed by atoms with Crippen molar-refractivity contribution in [1.82, 2.24) is 9.88 Å². The summed E-state index contributed by atoms with van der Waals surface area (Å²) in [5, 5.41) is 9.42. The molecule has 2 aromatic rings. The molecule has 1 aromatic carbocycles. The van der Waals surface area contributed by atoms with Gasteiger partial charge in [0.15, 0.2) is 0 Å². The SMILES string of the molecule is O=C(O)C1Cc2ccccc2CN1C(=O)c1ccncc1. The Morgan fingerprint density at radius 1 is 1.10 bits per heavy atom. The quantitative estimate of drug-likeness (QED) is 0.910. The maximum Gasteiger partial charge on any atom is 0.326 e. The minimum atomic E-state index is -0.980. The molecule has 1 aromatic heterocycles. The van der Waals surface area contributed by atoms with E-state index in [0.29, 0.717) is 18.5 Å².